The molecular formula is C20H34N4O3S. The molecule has 0 radical (unpaired) electrons. The number of nitrogens with one attached hydrogen (secondary N) is 1. The third kappa shape index (κ3) is 6.88. The number of aromatic nitrogens is 2. The van der Waals surface area contributed by atoms with Crippen LogP contribution < -0.4 is 5.32 Å². The van der Waals surface area contributed by atoms with Crippen LogP contribution in [0.2, 0.25) is 0 Å². The zero-order chi connectivity index (χ0) is 20.7. The predicted molar refractivity (Wildman–Crippen MR) is 110 cm³/mol. The van der Waals surface area contributed by atoms with Crippen LogP contribution in [0.15, 0.2) is 9.64 Å². The largest absolute Gasteiger partial charge is 0.408 e. The third-order valence-corrected chi connectivity index (χ3v) is 5.82. The van der Waals surface area contributed by atoms with Crippen molar-refractivity contribution in [2.24, 2.45) is 11.3 Å². The van der Waals surface area contributed by atoms with Crippen molar-refractivity contribution < 1.29 is 14.0 Å². The van der Waals surface area contributed by atoms with Gasteiger partial charge in [0.1, 0.15) is 6.04 Å². The van der Waals surface area contributed by atoms with Gasteiger partial charge in [0.15, 0.2) is 0 Å². The van der Waals surface area contributed by atoms with E-state index in [1.54, 1.807) is 0 Å². The molecule has 8 heteroatoms. The molecule has 158 valence electrons. The van der Waals surface area contributed by atoms with Crippen molar-refractivity contribution in [3.63, 3.8) is 0 Å². The molecule has 0 spiro atoms. The molecule has 1 N–H and O–H groups in total. The maximum Gasteiger partial charge on any atom is 0.286 e. The van der Waals surface area contributed by atoms with E-state index in [2.05, 4.69) is 20.4 Å². The smallest absolute Gasteiger partial charge is 0.286 e. The Labute approximate surface area is 172 Å². The molecule has 1 atom stereocenters. The molecule has 28 heavy (non-hydrogen) atoms. The molecule has 1 saturated carbocycles. The SMILES string of the molecule is CN(C)CCSc1nnc(C(=O)[C@@H](NC(=O)C2CCCCCC2)C(C)(C)C)o1. The molecule has 7 nitrogen and oxygen atoms in total. The van der Waals surface area contributed by atoms with Gasteiger partial charge in [0.25, 0.3) is 11.1 Å². The van der Waals surface area contributed by atoms with Gasteiger partial charge in [-0.15, -0.1) is 10.2 Å². The summed E-state index contributed by atoms with van der Waals surface area (Å²) in [6.07, 6.45) is 6.30. The summed E-state index contributed by atoms with van der Waals surface area (Å²) in [5, 5.41) is 11.3. The maximum atomic E-state index is 13.0. The quantitative estimate of drug-likeness (QED) is 0.399. The number of Topliss-reactive ketones (excluding diaryl/α,β-unsaturated/α-hetero) is 1. The summed E-state index contributed by atoms with van der Waals surface area (Å²) in [5.74, 6) is 0.398. The van der Waals surface area contributed by atoms with Gasteiger partial charge in [0, 0.05) is 18.2 Å². The summed E-state index contributed by atoms with van der Waals surface area (Å²) in [5.41, 5.74) is -0.454. The molecule has 0 aromatic carbocycles. The fourth-order valence-electron chi connectivity index (χ4n) is 3.28. The molecule has 0 unspecified atom stereocenters. The van der Waals surface area contributed by atoms with Crippen LogP contribution in [0.3, 0.4) is 0 Å². The van der Waals surface area contributed by atoms with Gasteiger partial charge in [-0.2, -0.15) is 0 Å². The summed E-state index contributed by atoms with van der Waals surface area (Å²) >= 11 is 1.42. The molecule has 1 aliphatic rings. The minimum absolute atomic E-state index is 0.0139. The number of ketones is 1. The van der Waals surface area contributed by atoms with E-state index in [0.29, 0.717) is 5.22 Å². The molecule has 1 aliphatic carbocycles. The molecule has 1 fully saturated rings. The van der Waals surface area contributed by atoms with Crippen molar-refractivity contribution in [2.45, 2.75) is 70.6 Å². The Morgan fingerprint density at radius 1 is 1.18 bits per heavy atom. The number of rotatable bonds is 8. The second-order valence-corrected chi connectivity index (χ2v) is 9.93. The fraction of sp³-hybridized carbons (Fsp3) is 0.800. The lowest BCUT2D eigenvalue weighted by molar-refractivity contribution is -0.126. The molecule has 1 heterocycles. The second-order valence-electron chi connectivity index (χ2n) is 8.89. The summed E-state index contributed by atoms with van der Waals surface area (Å²) in [6.45, 7) is 6.68. The average Bonchev–Trinajstić information content (AvgIpc) is 2.90. The molecule has 0 bridgehead atoms. The van der Waals surface area contributed by atoms with Crippen molar-refractivity contribution in [1.29, 1.82) is 0 Å². The first-order valence-electron chi connectivity index (χ1n) is 10.1. The van der Waals surface area contributed by atoms with E-state index in [-0.39, 0.29) is 23.5 Å². The van der Waals surface area contributed by atoms with E-state index in [1.807, 2.05) is 34.9 Å². The minimum Gasteiger partial charge on any atom is -0.408 e. The molecule has 0 aliphatic heterocycles. The van der Waals surface area contributed by atoms with Crippen molar-refractivity contribution in [1.82, 2.24) is 20.4 Å². The van der Waals surface area contributed by atoms with Gasteiger partial charge in [-0.05, 0) is 32.4 Å². The number of carbonyl (C=O) groups excluding carboxylic acids is 2. The average molecular weight is 411 g/mol. The van der Waals surface area contributed by atoms with Gasteiger partial charge in [0.05, 0.1) is 0 Å². The Bertz CT molecular complexity index is 646. The molecule has 1 aromatic heterocycles. The number of hydrogen-bond donors (Lipinski definition) is 1. The normalized spacial score (nSPS) is 17.4. The highest BCUT2D eigenvalue weighted by Crippen LogP contribution is 2.27. The van der Waals surface area contributed by atoms with Crippen LogP contribution in [0.4, 0.5) is 0 Å². The second kappa shape index (κ2) is 10.4. The van der Waals surface area contributed by atoms with E-state index in [1.165, 1.54) is 24.6 Å². The molecule has 2 rings (SSSR count). The third-order valence-electron chi connectivity index (χ3n) is 5.02. The summed E-state index contributed by atoms with van der Waals surface area (Å²) in [6, 6.07) is -0.691. The Balaban J connectivity index is 2.05. The van der Waals surface area contributed by atoms with E-state index in [9.17, 15) is 9.59 Å². The van der Waals surface area contributed by atoms with Gasteiger partial charge < -0.3 is 14.6 Å². The lowest BCUT2D eigenvalue weighted by Crippen LogP contribution is -2.51. The van der Waals surface area contributed by atoms with Crippen molar-refractivity contribution in [2.75, 3.05) is 26.4 Å². The van der Waals surface area contributed by atoms with Crippen LogP contribution in [-0.2, 0) is 4.79 Å². The van der Waals surface area contributed by atoms with E-state index in [4.69, 9.17) is 4.42 Å². The van der Waals surface area contributed by atoms with Gasteiger partial charge in [-0.1, -0.05) is 58.2 Å². The number of hydrogen-bond acceptors (Lipinski definition) is 7. The fourth-order valence-corrected chi connectivity index (χ4v) is 4.15. The van der Waals surface area contributed by atoms with Crippen LogP contribution in [0.1, 0.15) is 70.0 Å². The summed E-state index contributed by atoms with van der Waals surface area (Å²) in [7, 11) is 3.99. The van der Waals surface area contributed by atoms with Crippen molar-refractivity contribution >= 4 is 23.5 Å². The Morgan fingerprint density at radius 3 is 2.39 bits per heavy atom. The first-order valence-corrected chi connectivity index (χ1v) is 11.1. The minimum atomic E-state index is -0.691. The van der Waals surface area contributed by atoms with Crippen LogP contribution in [0, 0.1) is 11.3 Å². The monoisotopic (exact) mass is 410 g/mol. The van der Waals surface area contributed by atoms with Crippen LogP contribution in [0.25, 0.3) is 0 Å². The van der Waals surface area contributed by atoms with Crippen LogP contribution in [-0.4, -0.2) is 59.2 Å². The predicted octanol–water partition coefficient (Wildman–Crippen LogP) is 3.41. The van der Waals surface area contributed by atoms with Gasteiger partial charge in [0.2, 0.25) is 11.7 Å². The molecule has 1 aromatic rings. The lowest BCUT2D eigenvalue weighted by Gasteiger charge is -2.30. The Morgan fingerprint density at radius 2 is 1.82 bits per heavy atom. The van der Waals surface area contributed by atoms with E-state index in [0.717, 1.165) is 38.0 Å². The highest BCUT2D eigenvalue weighted by atomic mass is 32.2. The standard InChI is InChI=1S/C20H34N4O3S/c1-20(2,3)16(21-17(26)14-10-8-6-7-9-11-14)15(25)18-22-23-19(27-18)28-13-12-24(4)5/h14,16H,6-13H2,1-5H3,(H,21,26)/t16-/m1/s1. The van der Waals surface area contributed by atoms with Crippen LogP contribution in [0.5, 0.6) is 0 Å². The molecular weight excluding hydrogens is 376 g/mol. The topological polar surface area (TPSA) is 88.3 Å². The molecule has 0 saturated heterocycles. The first-order chi connectivity index (χ1) is 13.2. The van der Waals surface area contributed by atoms with Crippen molar-refractivity contribution in [3.8, 4) is 0 Å². The Hall–Kier alpha value is -1.41. The number of nitrogens with zero attached hydrogens (tertiary/aromatic N) is 3. The summed E-state index contributed by atoms with van der Waals surface area (Å²) < 4.78 is 5.57. The van der Waals surface area contributed by atoms with Gasteiger partial charge in [-0.3, -0.25) is 9.59 Å². The van der Waals surface area contributed by atoms with E-state index >= 15 is 0 Å². The number of thioether (sulfide) groups is 1. The van der Waals surface area contributed by atoms with Gasteiger partial charge >= 0.3 is 0 Å². The highest BCUT2D eigenvalue weighted by Gasteiger charge is 2.37. The molecule has 1 amide bonds. The number of amides is 1. The maximum absolute atomic E-state index is 13.0. The zero-order valence-corrected chi connectivity index (χ0v) is 18.6. The van der Waals surface area contributed by atoms with Crippen molar-refractivity contribution in [3.05, 3.63) is 5.89 Å². The summed E-state index contributed by atoms with van der Waals surface area (Å²) in [4.78, 5) is 27.9. The van der Waals surface area contributed by atoms with E-state index < -0.39 is 11.5 Å². The van der Waals surface area contributed by atoms with Crippen LogP contribution >= 0.6 is 11.8 Å². The first kappa shape index (κ1) is 22.9. The Kier molecular flexibility index (Phi) is 8.49. The van der Waals surface area contributed by atoms with Gasteiger partial charge in [-0.25, -0.2) is 0 Å². The number of carbonyl (C=O) groups is 2. The highest BCUT2D eigenvalue weighted by molar-refractivity contribution is 7.99. The lowest BCUT2D eigenvalue weighted by atomic mass is 9.83. The zero-order valence-electron chi connectivity index (χ0n) is 17.8.